The van der Waals surface area contributed by atoms with Crippen LogP contribution < -0.4 is 10.1 Å². The first-order valence-electron chi connectivity index (χ1n) is 4.20. The number of methoxy groups -OCH3 is 1. The summed E-state index contributed by atoms with van der Waals surface area (Å²) in [4.78, 5) is 11.7. The van der Waals surface area contributed by atoms with E-state index in [1.165, 1.54) is 0 Å². The van der Waals surface area contributed by atoms with Crippen molar-refractivity contribution in [2.45, 2.75) is 0 Å². The summed E-state index contributed by atoms with van der Waals surface area (Å²) in [5.74, 6) is 0.619. The van der Waals surface area contributed by atoms with Crippen molar-refractivity contribution in [2.24, 2.45) is 0 Å². The van der Waals surface area contributed by atoms with Crippen molar-refractivity contribution in [3.05, 3.63) is 29.4 Å². The molecule has 0 aliphatic heterocycles. The summed E-state index contributed by atoms with van der Waals surface area (Å²) >= 11 is 6.25. The quantitative estimate of drug-likeness (QED) is 0.451. The highest BCUT2D eigenvalue weighted by Crippen LogP contribution is 2.26. The van der Waals surface area contributed by atoms with Crippen molar-refractivity contribution in [3.63, 3.8) is 0 Å². The number of hydrogen-bond acceptors (Lipinski definition) is 2. The van der Waals surface area contributed by atoms with Gasteiger partial charge in [-0.2, -0.15) is 0 Å². The van der Waals surface area contributed by atoms with Gasteiger partial charge in [0.1, 0.15) is 5.75 Å². The molecule has 0 unspecified atom stereocenters. The molecule has 1 amide bonds. The van der Waals surface area contributed by atoms with Crippen molar-refractivity contribution >= 4 is 79.4 Å². The zero-order valence-corrected chi connectivity index (χ0v) is 14.7. The fraction of sp³-hybridized carbons (Fsp3) is 0.100. The predicted octanol–water partition coefficient (Wildman–Crippen LogP) is 4.11. The van der Waals surface area contributed by atoms with Gasteiger partial charge < -0.3 is 10.1 Å². The third-order valence-corrected chi connectivity index (χ3v) is 5.86. The van der Waals surface area contributed by atoms with E-state index in [-0.39, 0.29) is 5.91 Å². The van der Waals surface area contributed by atoms with Crippen LogP contribution in [0.4, 0.5) is 5.69 Å². The van der Waals surface area contributed by atoms with Crippen LogP contribution in [0, 0.1) is 0 Å². The Morgan fingerprint density at radius 2 is 2.00 bits per heavy atom. The molecule has 1 N–H and O–H groups in total. The third-order valence-electron chi connectivity index (χ3n) is 1.69. The van der Waals surface area contributed by atoms with Crippen molar-refractivity contribution < 1.29 is 9.53 Å². The van der Waals surface area contributed by atoms with Crippen LogP contribution >= 0.6 is 67.8 Å². The number of amides is 1. The maximum Gasteiger partial charge on any atom is 0.263 e. The third kappa shape index (κ3) is 4.35. The average Bonchev–Trinajstić information content (AvgIpc) is 2.28. The molecule has 1 aromatic rings. The highest BCUT2D eigenvalue weighted by atomic mass is 127. The van der Waals surface area contributed by atoms with Gasteiger partial charge in [0.25, 0.3) is 5.91 Å². The normalized spacial score (nSPS) is 9.50. The minimum atomic E-state index is -0.104. The van der Waals surface area contributed by atoms with Gasteiger partial charge in [-0.3, -0.25) is 4.79 Å². The molecule has 0 atom stereocenters. The lowest BCUT2D eigenvalue weighted by atomic mass is 10.3. The van der Waals surface area contributed by atoms with E-state index in [9.17, 15) is 4.79 Å². The lowest BCUT2D eigenvalue weighted by Crippen LogP contribution is -2.11. The summed E-state index contributed by atoms with van der Waals surface area (Å²) < 4.78 is 6.70. The van der Waals surface area contributed by atoms with E-state index in [2.05, 4.69) is 50.5 Å². The van der Waals surface area contributed by atoms with Gasteiger partial charge >= 0.3 is 0 Å². The second-order valence-corrected chi connectivity index (χ2v) is 8.06. The lowest BCUT2D eigenvalue weighted by Gasteiger charge is -2.06. The van der Waals surface area contributed by atoms with E-state index in [4.69, 9.17) is 4.74 Å². The number of benzene rings is 1. The van der Waals surface area contributed by atoms with Crippen LogP contribution in [0.2, 0.25) is 0 Å². The van der Waals surface area contributed by atoms with E-state index < -0.39 is 0 Å². The maximum absolute atomic E-state index is 11.7. The molecule has 16 heavy (non-hydrogen) atoms. The molecular formula is C10H8I3NO2. The van der Waals surface area contributed by atoms with E-state index in [0.717, 1.165) is 13.0 Å². The summed E-state index contributed by atoms with van der Waals surface area (Å²) in [5, 5.41) is 2.80. The standard InChI is InChI=1S/C10H8I3NO2/c1-16-7-4-2-3-6(5-7)14-10(15)8(11)9(12)13/h2-5H,1H3,(H,14,15). The number of hydrogen-bond donors (Lipinski definition) is 1. The van der Waals surface area contributed by atoms with E-state index >= 15 is 0 Å². The summed E-state index contributed by atoms with van der Waals surface area (Å²) in [6, 6.07) is 7.27. The largest absolute Gasteiger partial charge is 0.497 e. The van der Waals surface area contributed by atoms with E-state index in [1.54, 1.807) is 13.2 Å². The first-order valence-corrected chi connectivity index (χ1v) is 7.44. The predicted molar refractivity (Wildman–Crippen MR) is 90.7 cm³/mol. The SMILES string of the molecule is COc1cccc(NC(=O)C(I)=C(I)I)c1. The summed E-state index contributed by atoms with van der Waals surface area (Å²) in [7, 11) is 1.60. The zero-order valence-electron chi connectivity index (χ0n) is 8.26. The van der Waals surface area contributed by atoms with Gasteiger partial charge in [0.15, 0.2) is 0 Å². The molecular weight excluding hydrogens is 547 g/mol. The molecule has 0 aromatic heterocycles. The molecule has 1 rings (SSSR count). The van der Waals surface area contributed by atoms with Crippen LogP contribution in [0.3, 0.4) is 0 Å². The lowest BCUT2D eigenvalue weighted by molar-refractivity contribution is -0.112. The van der Waals surface area contributed by atoms with Gasteiger partial charge in [-0.1, -0.05) is 6.07 Å². The van der Waals surface area contributed by atoms with Crippen molar-refractivity contribution in [1.82, 2.24) is 0 Å². The Balaban J connectivity index is 2.81. The first kappa shape index (κ1) is 14.5. The Hall–Kier alpha value is 0.420. The number of rotatable bonds is 3. The number of carbonyl (C=O) groups excluding carboxylic acids is 1. The molecule has 0 heterocycles. The maximum atomic E-state index is 11.7. The summed E-state index contributed by atoms with van der Waals surface area (Å²) in [6.45, 7) is 0. The minimum absolute atomic E-state index is 0.104. The Kier molecular flexibility index (Phi) is 6.32. The van der Waals surface area contributed by atoms with Crippen LogP contribution in [-0.4, -0.2) is 13.0 Å². The second-order valence-electron chi connectivity index (χ2n) is 2.76. The topological polar surface area (TPSA) is 38.3 Å². The smallest absolute Gasteiger partial charge is 0.263 e. The molecule has 1 aromatic carbocycles. The Bertz CT molecular complexity index is 428. The van der Waals surface area contributed by atoms with Gasteiger partial charge in [0.2, 0.25) is 0 Å². The zero-order chi connectivity index (χ0) is 12.1. The van der Waals surface area contributed by atoms with Crippen LogP contribution in [0.5, 0.6) is 5.75 Å². The van der Waals surface area contributed by atoms with Crippen LogP contribution in [0.25, 0.3) is 0 Å². The molecule has 6 heteroatoms. The Morgan fingerprint density at radius 3 is 2.56 bits per heavy atom. The number of nitrogens with one attached hydrogen (secondary N) is 1. The Labute approximate surface area is 135 Å². The van der Waals surface area contributed by atoms with Crippen LogP contribution in [-0.2, 0) is 4.79 Å². The van der Waals surface area contributed by atoms with Gasteiger partial charge in [-0.05, 0) is 79.9 Å². The number of carbonyl (C=O) groups is 1. The molecule has 0 saturated carbocycles. The highest BCUT2D eigenvalue weighted by molar-refractivity contribution is 14.2. The number of anilines is 1. The molecule has 86 valence electrons. The van der Waals surface area contributed by atoms with E-state index in [1.807, 2.05) is 40.8 Å². The second kappa shape index (κ2) is 6.99. The van der Waals surface area contributed by atoms with Crippen molar-refractivity contribution in [2.75, 3.05) is 12.4 Å². The molecule has 0 aliphatic carbocycles. The Morgan fingerprint density at radius 1 is 1.31 bits per heavy atom. The summed E-state index contributed by atoms with van der Waals surface area (Å²) in [5.41, 5.74) is 0.729. The van der Waals surface area contributed by atoms with Crippen molar-refractivity contribution in [1.29, 1.82) is 0 Å². The monoisotopic (exact) mass is 555 g/mol. The summed E-state index contributed by atoms with van der Waals surface area (Å²) in [6.07, 6.45) is 0. The van der Waals surface area contributed by atoms with Crippen LogP contribution in [0.1, 0.15) is 0 Å². The van der Waals surface area contributed by atoms with Gasteiger partial charge in [0.05, 0.1) is 12.3 Å². The van der Waals surface area contributed by atoms with Crippen molar-refractivity contribution in [3.8, 4) is 5.75 Å². The van der Waals surface area contributed by atoms with Crippen LogP contribution in [0.15, 0.2) is 29.4 Å². The number of ether oxygens (including phenoxy) is 1. The van der Waals surface area contributed by atoms with Gasteiger partial charge in [-0.25, -0.2) is 0 Å². The highest BCUT2D eigenvalue weighted by Gasteiger charge is 2.09. The average molecular weight is 555 g/mol. The molecule has 0 aliphatic rings. The molecule has 0 saturated heterocycles. The molecule has 0 fully saturated rings. The molecule has 0 spiro atoms. The fourth-order valence-corrected chi connectivity index (χ4v) is 1.60. The van der Waals surface area contributed by atoms with Gasteiger partial charge in [0, 0.05) is 11.8 Å². The van der Waals surface area contributed by atoms with Gasteiger partial charge in [-0.15, -0.1) is 0 Å². The van der Waals surface area contributed by atoms with E-state index in [0.29, 0.717) is 3.58 Å². The number of halogens is 3. The first-order chi connectivity index (χ1) is 7.54. The molecule has 3 nitrogen and oxygen atoms in total. The fourth-order valence-electron chi connectivity index (χ4n) is 0.973. The minimum Gasteiger partial charge on any atom is -0.497 e. The molecule has 0 radical (unpaired) electrons. The molecule has 0 bridgehead atoms.